The summed E-state index contributed by atoms with van der Waals surface area (Å²) >= 11 is 3.52. The van der Waals surface area contributed by atoms with Crippen LogP contribution >= 0.6 is 15.9 Å². The van der Waals surface area contributed by atoms with Crippen molar-refractivity contribution in [2.24, 2.45) is 0 Å². The molecule has 5 nitrogen and oxygen atoms in total. The van der Waals surface area contributed by atoms with E-state index < -0.39 is 10.9 Å². The molecule has 0 amide bonds. The van der Waals surface area contributed by atoms with Crippen molar-refractivity contribution in [3.05, 3.63) is 39.9 Å². The molecule has 6 heteroatoms. The summed E-state index contributed by atoms with van der Waals surface area (Å²) < 4.78 is 5.43. The lowest BCUT2D eigenvalue weighted by molar-refractivity contribution is -0.385. The Labute approximate surface area is 125 Å². The fraction of sp³-hybridized carbons (Fsp3) is 0.500. The van der Waals surface area contributed by atoms with Crippen LogP contribution in [0.1, 0.15) is 31.2 Å². The van der Waals surface area contributed by atoms with Gasteiger partial charge in [-0.2, -0.15) is 0 Å². The number of hydrogen-bond donors (Lipinski definition) is 0. The van der Waals surface area contributed by atoms with Gasteiger partial charge in [-0.05, 0) is 19.3 Å². The predicted molar refractivity (Wildman–Crippen MR) is 77.9 cm³/mol. The van der Waals surface area contributed by atoms with Crippen LogP contribution in [0.2, 0.25) is 0 Å². The van der Waals surface area contributed by atoms with Crippen molar-refractivity contribution in [2.45, 2.75) is 43.0 Å². The highest BCUT2D eigenvalue weighted by molar-refractivity contribution is 9.09. The van der Waals surface area contributed by atoms with Crippen LogP contribution in [0.3, 0.4) is 0 Å². The van der Waals surface area contributed by atoms with E-state index in [-0.39, 0.29) is 23.0 Å². The minimum absolute atomic E-state index is 0.0384. The molecule has 0 saturated heterocycles. The number of ether oxygens (including phenoxy) is 1. The average Bonchev–Trinajstić information content (AvgIpc) is 2.41. The molecule has 1 aliphatic carbocycles. The first-order chi connectivity index (χ1) is 9.58. The molecule has 20 heavy (non-hydrogen) atoms. The molecule has 0 N–H and O–H groups in total. The molecule has 0 aromatic heterocycles. The highest BCUT2D eigenvalue weighted by atomic mass is 79.9. The van der Waals surface area contributed by atoms with Crippen molar-refractivity contribution in [3.63, 3.8) is 0 Å². The Morgan fingerprint density at radius 1 is 1.35 bits per heavy atom. The first-order valence-electron chi connectivity index (χ1n) is 6.64. The third-order valence-electron chi connectivity index (χ3n) is 3.43. The van der Waals surface area contributed by atoms with Crippen molar-refractivity contribution < 1.29 is 14.5 Å². The Hall–Kier alpha value is -1.43. The summed E-state index contributed by atoms with van der Waals surface area (Å²) in [6.07, 6.45) is 3.83. The second-order valence-electron chi connectivity index (χ2n) is 4.89. The highest BCUT2D eigenvalue weighted by Gasteiger charge is 2.27. The quantitative estimate of drug-likeness (QED) is 0.364. The predicted octanol–water partition coefficient (Wildman–Crippen LogP) is 3.39. The minimum Gasteiger partial charge on any atom is -0.461 e. The van der Waals surface area contributed by atoms with Gasteiger partial charge in [0.15, 0.2) is 0 Å². The van der Waals surface area contributed by atoms with Gasteiger partial charge in [-0.3, -0.25) is 14.9 Å². The van der Waals surface area contributed by atoms with Gasteiger partial charge in [-0.15, -0.1) is 0 Å². The SMILES string of the molecule is O=C(Cc1ccccc1[N+](=O)[O-])O[C@@H]1CCCC[C@H]1Br. The molecule has 0 bridgehead atoms. The van der Waals surface area contributed by atoms with E-state index in [1.54, 1.807) is 18.2 Å². The molecule has 0 unspecified atom stereocenters. The van der Waals surface area contributed by atoms with E-state index in [2.05, 4.69) is 15.9 Å². The fourth-order valence-electron chi connectivity index (χ4n) is 2.39. The third kappa shape index (κ3) is 3.79. The lowest BCUT2D eigenvalue weighted by atomic mass is 9.97. The normalized spacial score (nSPS) is 22.2. The van der Waals surface area contributed by atoms with E-state index in [0.29, 0.717) is 5.56 Å². The Bertz CT molecular complexity index is 506. The van der Waals surface area contributed by atoms with E-state index in [4.69, 9.17) is 4.74 Å². The summed E-state index contributed by atoms with van der Waals surface area (Å²) in [4.78, 5) is 22.5. The zero-order chi connectivity index (χ0) is 14.5. The molecular weight excluding hydrogens is 326 g/mol. The first-order valence-corrected chi connectivity index (χ1v) is 7.55. The molecule has 1 saturated carbocycles. The lowest BCUT2D eigenvalue weighted by Gasteiger charge is -2.27. The van der Waals surface area contributed by atoms with Crippen molar-refractivity contribution >= 4 is 27.6 Å². The van der Waals surface area contributed by atoms with Crippen molar-refractivity contribution in [1.29, 1.82) is 0 Å². The zero-order valence-corrected chi connectivity index (χ0v) is 12.5. The number of rotatable bonds is 4. The van der Waals surface area contributed by atoms with Gasteiger partial charge >= 0.3 is 5.97 Å². The van der Waals surface area contributed by atoms with Crippen LogP contribution in [-0.4, -0.2) is 21.8 Å². The van der Waals surface area contributed by atoms with Gasteiger partial charge < -0.3 is 4.74 Å². The summed E-state index contributed by atoms with van der Waals surface area (Å²) in [5.74, 6) is -0.407. The molecule has 0 heterocycles. The molecule has 0 spiro atoms. The fourth-order valence-corrected chi connectivity index (χ4v) is 3.08. The van der Waals surface area contributed by atoms with Crippen LogP contribution in [0.15, 0.2) is 24.3 Å². The van der Waals surface area contributed by atoms with E-state index in [0.717, 1.165) is 25.7 Å². The number of esters is 1. The minimum atomic E-state index is -0.476. The number of para-hydroxylation sites is 1. The number of nitrogens with zero attached hydrogens (tertiary/aromatic N) is 1. The Morgan fingerprint density at radius 2 is 2.05 bits per heavy atom. The Kier molecular flexibility index (Phi) is 5.11. The number of hydrogen-bond acceptors (Lipinski definition) is 4. The van der Waals surface area contributed by atoms with Gasteiger partial charge in [0.25, 0.3) is 5.69 Å². The standard InChI is InChI=1S/C14H16BrNO4/c15-11-6-2-4-8-13(11)20-14(17)9-10-5-1-3-7-12(10)16(18)19/h1,3,5,7,11,13H,2,4,6,8-9H2/t11-,13-/m1/s1. The zero-order valence-electron chi connectivity index (χ0n) is 11.0. The smallest absolute Gasteiger partial charge is 0.310 e. The van der Waals surface area contributed by atoms with Gasteiger partial charge in [0.1, 0.15) is 6.10 Å². The number of nitro groups is 1. The second kappa shape index (κ2) is 6.83. The van der Waals surface area contributed by atoms with Gasteiger partial charge in [0, 0.05) is 11.6 Å². The number of nitro benzene ring substituents is 1. The second-order valence-corrected chi connectivity index (χ2v) is 6.07. The number of carbonyl (C=O) groups is 1. The molecular formula is C14H16BrNO4. The average molecular weight is 342 g/mol. The van der Waals surface area contributed by atoms with Gasteiger partial charge in [-0.1, -0.05) is 40.5 Å². The van der Waals surface area contributed by atoms with Crippen LogP contribution in [0, 0.1) is 10.1 Å². The van der Waals surface area contributed by atoms with Crippen LogP contribution in [0.5, 0.6) is 0 Å². The maximum absolute atomic E-state index is 11.9. The molecule has 1 aromatic rings. The topological polar surface area (TPSA) is 69.4 Å². The van der Waals surface area contributed by atoms with Crippen LogP contribution in [-0.2, 0) is 16.0 Å². The summed E-state index contributed by atoms with van der Waals surface area (Å²) in [7, 11) is 0. The first kappa shape index (κ1) is 15.0. The molecule has 1 aromatic carbocycles. The molecule has 0 aliphatic heterocycles. The van der Waals surface area contributed by atoms with Crippen LogP contribution in [0.25, 0.3) is 0 Å². The summed E-state index contributed by atoms with van der Waals surface area (Å²) in [5.41, 5.74) is 0.355. The van der Waals surface area contributed by atoms with Gasteiger partial charge in [-0.25, -0.2) is 0 Å². The van der Waals surface area contributed by atoms with Crippen molar-refractivity contribution in [1.82, 2.24) is 0 Å². The summed E-state index contributed by atoms with van der Waals surface area (Å²) in [6.45, 7) is 0. The highest BCUT2D eigenvalue weighted by Crippen LogP contribution is 2.27. The van der Waals surface area contributed by atoms with Crippen molar-refractivity contribution in [3.8, 4) is 0 Å². The van der Waals surface area contributed by atoms with Crippen LogP contribution < -0.4 is 0 Å². The number of benzene rings is 1. The summed E-state index contributed by atoms with van der Waals surface area (Å²) in [5, 5.41) is 10.9. The number of carbonyl (C=O) groups excluding carboxylic acids is 1. The van der Waals surface area contributed by atoms with E-state index in [9.17, 15) is 14.9 Å². The molecule has 2 atom stereocenters. The van der Waals surface area contributed by atoms with E-state index in [1.807, 2.05) is 0 Å². The number of alkyl halides is 1. The molecule has 1 fully saturated rings. The van der Waals surface area contributed by atoms with E-state index >= 15 is 0 Å². The molecule has 108 valence electrons. The lowest BCUT2D eigenvalue weighted by Crippen LogP contribution is -2.30. The van der Waals surface area contributed by atoms with Gasteiger partial charge in [0.05, 0.1) is 16.2 Å². The maximum atomic E-state index is 11.9. The third-order valence-corrected chi connectivity index (χ3v) is 4.48. The molecule has 1 aliphatic rings. The monoisotopic (exact) mass is 341 g/mol. The Morgan fingerprint density at radius 3 is 2.75 bits per heavy atom. The van der Waals surface area contributed by atoms with Crippen molar-refractivity contribution in [2.75, 3.05) is 0 Å². The largest absolute Gasteiger partial charge is 0.461 e. The van der Waals surface area contributed by atoms with E-state index in [1.165, 1.54) is 6.07 Å². The Balaban J connectivity index is 1.99. The number of halogens is 1. The maximum Gasteiger partial charge on any atom is 0.310 e. The molecule has 2 rings (SSSR count). The van der Waals surface area contributed by atoms with Crippen LogP contribution in [0.4, 0.5) is 5.69 Å². The van der Waals surface area contributed by atoms with Gasteiger partial charge in [0.2, 0.25) is 0 Å². The summed E-state index contributed by atoms with van der Waals surface area (Å²) in [6, 6.07) is 6.26. The molecule has 0 radical (unpaired) electrons.